The number of hydrogen-bond donors (Lipinski definition) is 1. The van der Waals surface area contributed by atoms with Crippen molar-refractivity contribution in [3.63, 3.8) is 0 Å². The smallest absolute Gasteiger partial charge is 0.0587 e. The Morgan fingerprint density at radius 3 is 2.63 bits per heavy atom. The molecule has 1 N–H and O–H groups in total. The highest BCUT2D eigenvalue weighted by atomic mass is 16.5. The topological polar surface area (TPSA) is 24.5 Å². The van der Waals surface area contributed by atoms with Gasteiger partial charge < -0.3 is 15.0 Å². The highest BCUT2D eigenvalue weighted by Gasteiger charge is 2.05. The first-order chi connectivity index (χ1) is 9.29. The van der Waals surface area contributed by atoms with Gasteiger partial charge in [-0.2, -0.15) is 0 Å². The largest absolute Gasteiger partial charge is 0.383 e. The average molecular weight is 264 g/mol. The van der Waals surface area contributed by atoms with Crippen molar-refractivity contribution in [3.8, 4) is 0 Å². The summed E-state index contributed by atoms with van der Waals surface area (Å²) in [4.78, 5) is 2.46. The summed E-state index contributed by atoms with van der Waals surface area (Å²) in [5.74, 6) is 0. The predicted octanol–water partition coefficient (Wildman–Crippen LogP) is 2.84. The molecule has 0 heterocycles. The molecule has 3 nitrogen and oxygen atoms in total. The fourth-order valence-electron chi connectivity index (χ4n) is 2.22. The summed E-state index contributed by atoms with van der Waals surface area (Å²) >= 11 is 0. The van der Waals surface area contributed by atoms with Crippen molar-refractivity contribution in [1.82, 2.24) is 5.32 Å². The van der Waals surface area contributed by atoms with Crippen LogP contribution in [0.2, 0.25) is 0 Å². The van der Waals surface area contributed by atoms with Crippen molar-refractivity contribution in [2.75, 3.05) is 44.8 Å². The Labute approximate surface area is 118 Å². The minimum Gasteiger partial charge on any atom is -0.383 e. The van der Waals surface area contributed by atoms with Gasteiger partial charge in [-0.25, -0.2) is 0 Å². The molecule has 1 aromatic rings. The number of nitrogens with one attached hydrogen (secondary N) is 1. The van der Waals surface area contributed by atoms with Crippen LogP contribution in [0.1, 0.15) is 25.3 Å². The van der Waals surface area contributed by atoms with Crippen LogP contribution in [0.15, 0.2) is 24.3 Å². The number of methoxy groups -OCH3 is 1. The second-order valence-electron chi connectivity index (χ2n) is 4.82. The van der Waals surface area contributed by atoms with Crippen molar-refractivity contribution >= 4 is 5.69 Å². The van der Waals surface area contributed by atoms with Gasteiger partial charge in [0.2, 0.25) is 0 Å². The summed E-state index contributed by atoms with van der Waals surface area (Å²) < 4.78 is 5.00. The molecule has 108 valence electrons. The Morgan fingerprint density at radius 1 is 1.16 bits per heavy atom. The van der Waals surface area contributed by atoms with E-state index >= 15 is 0 Å². The molecule has 0 bridgehead atoms. The van der Waals surface area contributed by atoms with Gasteiger partial charge in [0.15, 0.2) is 0 Å². The normalized spacial score (nSPS) is 10.7. The summed E-state index contributed by atoms with van der Waals surface area (Å²) in [5, 5.41) is 3.39. The van der Waals surface area contributed by atoms with Crippen molar-refractivity contribution in [1.29, 1.82) is 0 Å². The van der Waals surface area contributed by atoms with E-state index in [4.69, 9.17) is 4.74 Å². The number of aryl methyl sites for hydroxylation is 1. The first-order valence-electron chi connectivity index (χ1n) is 7.29. The van der Waals surface area contributed by atoms with Crippen molar-refractivity contribution < 1.29 is 4.74 Å². The zero-order valence-corrected chi connectivity index (χ0v) is 12.6. The monoisotopic (exact) mass is 264 g/mol. The highest BCUT2D eigenvalue weighted by Crippen LogP contribution is 2.19. The Morgan fingerprint density at radius 2 is 1.95 bits per heavy atom. The molecular formula is C16H28N2O. The summed E-state index contributed by atoms with van der Waals surface area (Å²) in [6.45, 7) is 9.44. The van der Waals surface area contributed by atoms with Gasteiger partial charge in [0.1, 0.15) is 0 Å². The molecule has 0 unspecified atom stereocenters. The summed E-state index contributed by atoms with van der Waals surface area (Å²) in [7, 11) is 1.74. The molecule has 0 aliphatic rings. The number of para-hydroxylation sites is 1. The SMILES string of the molecule is CCN(CCCCNCCOC)c1ccccc1C. The van der Waals surface area contributed by atoms with Crippen LogP contribution in [0.4, 0.5) is 5.69 Å². The Hall–Kier alpha value is -1.06. The van der Waals surface area contributed by atoms with E-state index in [2.05, 4.69) is 48.3 Å². The lowest BCUT2D eigenvalue weighted by atomic mass is 10.1. The predicted molar refractivity (Wildman–Crippen MR) is 83.0 cm³/mol. The van der Waals surface area contributed by atoms with Crippen LogP contribution in [-0.4, -0.2) is 39.9 Å². The van der Waals surface area contributed by atoms with E-state index in [0.717, 1.165) is 32.8 Å². The molecule has 0 aliphatic carbocycles. The molecule has 0 fully saturated rings. The number of nitrogens with zero attached hydrogens (tertiary/aromatic N) is 1. The summed E-state index contributed by atoms with van der Waals surface area (Å²) in [5.41, 5.74) is 2.74. The van der Waals surface area contributed by atoms with Crippen molar-refractivity contribution in [2.24, 2.45) is 0 Å². The highest BCUT2D eigenvalue weighted by molar-refractivity contribution is 5.52. The van der Waals surface area contributed by atoms with Gasteiger partial charge in [-0.3, -0.25) is 0 Å². The Kier molecular flexibility index (Phi) is 8.26. The Bertz CT molecular complexity index is 341. The van der Waals surface area contributed by atoms with E-state index in [9.17, 15) is 0 Å². The third kappa shape index (κ3) is 6.08. The lowest BCUT2D eigenvalue weighted by Crippen LogP contribution is -2.26. The van der Waals surface area contributed by atoms with Gasteiger partial charge >= 0.3 is 0 Å². The average Bonchev–Trinajstić information content (AvgIpc) is 2.43. The second-order valence-corrected chi connectivity index (χ2v) is 4.82. The maximum absolute atomic E-state index is 5.00. The zero-order chi connectivity index (χ0) is 13.9. The van der Waals surface area contributed by atoms with E-state index in [0.29, 0.717) is 0 Å². The standard InChI is InChI=1S/C16H28N2O/c1-4-18(16-10-6-5-9-15(16)2)13-8-7-11-17-12-14-19-3/h5-6,9-10,17H,4,7-8,11-14H2,1-3H3. The van der Waals surface area contributed by atoms with Gasteiger partial charge in [0, 0.05) is 32.4 Å². The quantitative estimate of drug-likeness (QED) is 0.658. The first-order valence-corrected chi connectivity index (χ1v) is 7.29. The van der Waals surface area contributed by atoms with Crippen LogP contribution in [-0.2, 0) is 4.74 Å². The van der Waals surface area contributed by atoms with Crippen LogP contribution < -0.4 is 10.2 Å². The number of unbranched alkanes of at least 4 members (excludes halogenated alkanes) is 1. The number of benzene rings is 1. The molecule has 0 spiro atoms. The molecule has 0 aliphatic heterocycles. The van der Waals surface area contributed by atoms with Crippen LogP contribution in [0, 0.1) is 6.92 Å². The first kappa shape index (κ1) is 16.0. The molecule has 0 radical (unpaired) electrons. The van der Waals surface area contributed by atoms with Gasteiger partial charge in [-0.1, -0.05) is 18.2 Å². The molecule has 19 heavy (non-hydrogen) atoms. The number of anilines is 1. The molecule has 0 aromatic heterocycles. The third-order valence-corrected chi connectivity index (χ3v) is 3.35. The van der Waals surface area contributed by atoms with E-state index < -0.39 is 0 Å². The number of hydrogen-bond acceptors (Lipinski definition) is 3. The minimum atomic E-state index is 0.796. The van der Waals surface area contributed by atoms with Gasteiger partial charge in [-0.15, -0.1) is 0 Å². The number of rotatable bonds is 10. The second kappa shape index (κ2) is 9.82. The summed E-state index contributed by atoms with van der Waals surface area (Å²) in [6, 6.07) is 8.63. The van der Waals surface area contributed by atoms with Crippen LogP contribution >= 0.6 is 0 Å². The molecule has 3 heteroatoms. The lowest BCUT2D eigenvalue weighted by molar-refractivity contribution is 0.199. The van der Waals surface area contributed by atoms with E-state index in [1.54, 1.807) is 7.11 Å². The molecule has 0 atom stereocenters. The third-order valence-electron chi connectivity index (χ3n) is 3.35. The van der Waals surface area contributed by atoms with E-state index in [1.807, 2.05) is 0 Å². The maximum atomic E-state index is 5.00. The van der Waals surface area contributed by atoms with Gasteiger partial charge in [0.05, 0.1) is 6.61 Å². The lowest BCUT2D eigenvalue weighted by Gasteiger charge is -2.25. The van der Waals surface area contributed by atoms with E-state index in [-0.39, 0.29) is 0 Å². The van der Waals surface area contributed by atoms with Crippen molar-refractivity contribution in [3.05, 3.63) is 29.8 Å². The van der Waals surface area contributed by atoms with Crippen LogP contribution in [0.5, 0.6) is 0 Å². The van der Waals surface area contributed by atoms with Crippen molar-refractivity contribution in [2.45, 2.75) is 26.7 Å². The summed E-state index contributed by atoms with van der Waals surface area (Å²) in [6.07, 6.45) is 2.44. The molecule has 0 amide bonds. The Balaban J connectivity index is 2.24. The van der Waals surface area contributed by atoms with Gasteiger partial charge in [-0.05, 0) is 44.9 Å². The minimum absolute atomic E-state index is 0.796. The molecular weight excluding hydrogens is 236 g/mol. The molecule has 1 rings (SSSR count). The molecule has 0 saturated heterocycles. The van der Waals surface area contributed by atoms with Crippen LogP contribution in [0.25, 0.3) is 0 Å². The number of ether oxygens (including phenoxy) is 1. The van der Waals surface area contributed by atoms with E-state index in [1.165, 1.54) is 24.1 Å². The van der Waals surface area contributed by atoms with Crippen LogP contribution in [0.3, 0.4) is 0 Å². The maximum Gasteiger partial charge on any atom is 0.0587 e. The van der Waals surface area contributed by atoms with Gasteiger partial charge in [0.25, 0.3) is 0 Å². The molecule has 1 aromatic carbocycles. The fourth-order valence-corrected chi connectivity index (χ4v) is 2.22. The fraction of sp³-hybridized carbons (Fsp3) is 0.625. The molecule has 0 saturated carbocycles. The zero-order valence-electron chi connectivity index (χ0n) is 12.6.